The standard InChI is InChI=1S/C15H14ClNO4/c1-20-12-7-13(15(19)21-2)17(8-12)9-14(18)10-4-3-5-11(16)6-10/h3-8H,9H2,1-2H3. The Morgan fingerprint density at radius 3 is 2.62 bits per heavy atom. The van der Waals surface area contributed by atoms with Crippen LogP contribution in [0.15, 0.2) is 36.5 Å². The first-order chi connectivity index (χ1) is 10.0. The molecule has 0 radical (unpaired) electrons. The SMILES string of the molecule is COC(=O)c1cc(OC)cn1CC(=O)c1cccc(Cl)c1. The lowest BCUT2D eigenvalue weighted by Crippen LogP contribution is -2.15. The van der Waals surface area contributed by atoms with Gasteiger partial charge in [0.25, 0.3) is 0 Å². The Morgan fingerprint density at radius 2 is 2.00 bits per heavy atom. The molecule has 21 heavy (non-hydrogen) atoms. The number of hydrogen-bond donors (Lipinski definition) is 0. The van der Waals surface area contributed by atoms with E-state index in [1.54, 1.807) is 30.5 Å². The third kappa shape index (κ3) is 3.44. The summed E-state index contributed by atoms with van der Waals surface area (Å²) in [5.74, 6) is -0.215. The molecule has 0 atom stereocenters. The van der Waals surface area contributed by atoms with Gasteiger partial charge < -0.3 is 14.0 Å². The van der Waals surface area contributed by atoms with Gasteiger partial charge in [0.1, 0.15) is 11.4 Å². The number of carbonyl (C=O) groups is 2. The van der Waals surface area contributed by atoms with E-state index in [0.29, 0.717) is 16.3 Å². The zero-order valence-corrected chi connectivity index (χ0v) is 12.4. The predicted octanol–water partition coefficient (Wildman–Crippen LogP) is 2.82. The van der Waals surface area contributed by atoms with Crippen LogP contribution in [0.2, 0.25) is 5.02 Å². The number of rotatable bonds is 5. The molecule has 0 bridgehead atoms. The maximum atomic E-state index is 12.3. The number of ketones is 1. The van der Waals surface area contributed by atoms with Gasteiger partial charge in [0.2, 0.25) is 0 Å². The van der Waals surface area contributed by atoms with Crippen molar-refractivity contribution in [1.29, 1.82) is 0 Å². The minimum atomic E-state index is -0.530. The van der Waals surface area contributed by atoms with Crippen LogP contribution in [0.25, 0.3) is 0 Å². The molecular weight excluding hydrogens is 294 g/mol. The van der Waals surface area contributed by atoms with E-state index in [1.807, 2.05) is 0 Å². The van der Waals surface area contributed by atoms with E-state index in [0.717, 1.165) is 0 Å². The van der Waals surface area contributed by atoms with Crippen LogP contribution in [0, 0.1) is 0 Å². The molecule has 0 amide bonds. The molecule has 0 aliphatic heterocycles. The van der Waals surface area contributed by atoms with Crippen molar-refractivity contribution in [2.45, 2.75) is 6.54 Å². The van der Waals surface area contributed by atoms with E-state index in [1.165, 1.54) is 24.9 Å². The van der Waals surface area contributed by atoms with Gasteiger partial charge in [-0.3, -0.25) is 4.79 Å². The molecular formula is C15H14ClNO4. The van der Waals surface area contributed by atoms with Crippen LogP contribution in [0.1, 0.15) is 20.8 Å². The van der Waals surface area contributed by atoms with E-state index in [9.17, 15) is 9.59 Å². The Hall–Kier alpha value is -2.27. The maximum Gasteiger partial charge on any atom is 0.354 e. The number of halogens is 1. The molecule has 2 rings (SSSR count). The Bertz CT molecular complexity index is 678. The second kappa shape index (κ2) is 6.45. The highest BCUT2D eigenvalue weighted by atomic mass is 35.5. The van der Waals surface area contributed by atoms with E-state index in [2.05, 4.69) is 0 Å². The fourth-order valence-corrected chi connectivity index (χ4v) is 2.10. The average Bonchev–Trinajstić information content (AvgIpc) is 2.89. The molecule has 0 aliphatic carbocycles. The number of ether oxygens (including phenoxy) is 2. The third-order valence-electron chi connectivity index (χ3n) is 2.96. The zero-order valence-electron chi connectivity index (χ0n) is 11.6. The van der Waals surface area contributed by atoms with Crippen molar-refractivity contribution in [3.05, 3.63) is 52.8 Å². The first-order valence-corrected chi connectivity index (χ1v) is 6.54. The molecule has 1 aromatic heterocycles. The molecule has 1 heterocycles. The molecule has 110 valence electrons. The summed E-state index contributed by atoms with van der Waals surface area (Å²) >= 11 is 5.87. The van der Waals surface area contributed by atoms with Crippen molar-refractivity contribution < 1.29 is 19.1 Å². The second-order valence-electron chi connectivity index (χ2n) is 4.32. The molecule has 0 spiro atoms. The highest BCUT2D eigenvalue weighted by Gasteiger charge is 2.17. The zero-order chi connectivity index (χ0) is 15.4. The molecule has 5 nitrogen and oxygen atoms in total. The van der Waals surface area contributed by atoms with Crippen LogP contribution in [0.3, 0.4) is 0 Å². The topological polar surface area (TPSA) is 57.5 Å². The van der Waals surface area contributed by atoms with Crippen LogP contribution in [0.5, 0.6) is 5.75 Å². The third-order valence-corrected chi connectivity index (χ3v) is 3.20. The highest BCUT2D eigenvalue weighted by Crippen LogP contribution is 2.18. The average molecular weight is 308 g/mol. The number of hydrogen-bond acceptors (Lipinski definition) is 4. The molecule has 2 aromatic rings. The summed E-state index contributed by atoms with van der Waals surface area (Å²) in [4.78, 5) is 24.0. The van der Waals surface area contributed by atoms with Crippen LogP contribution in [0.4, 0.5) is 0 Å². The monoisotopic (exact) mass is 307 g/mol. The molecule has 0 saturated carbocycles. The number of Topliss-reactive ketones (excluding diaryl/α,β-unsaturated/α-hetero) is 1. The quantitative estimate of drug-likeness (QED) is 0.629. The fourth-order valence-electron chi connectivity index (χ4n) is 1.91. The summed E-state index contributed by atoms with van der Waals surface area (Å²) in [6.45, 7) is -0.00582. The summed E-state index contributed by atoms with van der Waals surface area (Å²) in [5.41, 5.74) is 0.732. The van der Waals surface area contributed by atoms with Gasteiger partial charge in [-0.05, 0) is 12.1 Å². The number of methoxy groups -OCH3 is 2. The lowest BCUT2D eigenvalue weighted by Gasteiger charge is -2.07. The highest BCUT2D eigenvalue weighted by molar-refractivity contribution is 6.31. The van der Waals surface area contributed by atoms with Crippen molar-refractivity contribution in [2.75, 3.05) is 14.2 Å². The number of benzene rings is 1. The van der Waals surface area contributed by atoms with Crippen molar-refractivity contribution in [2.24, 2.45) is 0 Å². The van der Waals surface area contributed by atoms with Crippen LogP contribution in [-0.2, 0) is 11.3 Å². The van der Waals surface area contributed by atoms with E-state index >= 15 is 0 Å². The first kappa shape index (κ1) is 15.1. The van der Waals surface area contributed by atoms with Gasteiger partial charge in [-0.15, -0.1) is 0 Å². The normalized spacial score (nSPS) is 10.2. The summed E-state index contributed by atoms with van der Waals surface area (Å²) in [7, 11) is 2.77. The fraction of sp³-hybridized carbons (Fsp3) is 0.200. The minimum Gasteiger partial charge on any atom is -0.495 e. The van der Waals surface area contributed by atoms with Gasteiger partial charge in [-0.1, -0.05) is 23.7 Å². The Labute approximate surface area is 127 Å². The largest absolute Gasteiger partial charge is 0.495 e. The molecule has 0 fully saturated rings. The lowest BCUT2D eigenvalue weighted by molar-refractivity contribution is 0.0588. The van der Waals surface area contributed by atoms with Crippen LogP contribution in [-0.4, -0.2) is 30.5 Å². The Balaban J connectivity index is 2.28. The second-order valence-corrected chi connectivity index (χ2v) is 4.75. The van der Waals surface area contributed by atoms with Crippen molar-refractivity contribution in [1.82, 2.24) is 4.57 Å². The molecule has 6 heteroatoms. The smallest absolute Gasteiger partial charge is 0.354 e. The summed E-state index contributed by atoms with van der Waals surface area (Å²) in [5, 5.41) is 0.485. The van der Waals surface area contributed by atoms with Gasteiger partial charge in [0.05, 0.1) is 20.8 Å². The molecule has 0 saturated heterocycles. The molecule has 0 N–H and O–H groups in total. The Kier molecular flexibility index (Phi) is 4.65. The van der Waals surface area contributed by atoms with Gasteiger partial charge in [0.15, 0.2) is 5.78 Å². The number of carbonyl (C=O) groups excluding carboxylic acids is 2. The number of aromatic nitrogens is 1. The molecule has 0 unspecified atom stereocenters. The lowest BCUT2D eigenvalue weighted by atomic mass is 10.1. The van der Waals surface area contributed by atoms with Gasteiger partial charge >= 0.3 is 5.97 Å². The van der Waals surface area contributed by atoms with Gasteiger partial charge in [0, 0.05) is 22.8 Å². The summed E-state index contributed by atoms with van der Waals surface area (Å²) in [6, 6.07) is 8.18. The van der Waals surface area contributed by atoms with Gasteiger partial charge in [-0.25, -0.2) is 4.79 Å². The van der Waals surface area contributed by atoms with Crippen LogP contribution >= 0.6 is 11.6 Å². The minimum absolute atomic E-state index is 0.00582. The summed E-state index contributed by atoms with van der Waals surface area (Å²) in [6.07, 6.45) is 1.58. The summed E-state index contributed by atoms with van der Waals surface area (Å²) < 4.78 is 11.3. The van der Waals surface area contributed by atoms with E-state index in [-0.39, 0.29) is 18.0 Å². The van der Waals surface area contributed by atoms with Crippen molar-refractivity contribution >= 4 is 23.4 Å². The molecule has 1 aromatic carbocycles. The first-order valence-electron chi connectivity index (χ1n) is 6.16. The number of nitrogens with zero attached hydrogens (tertiary/aromatic N) is 1. The van der Waals surface area contributed by atoms with Crippen molar-refractivity contribution in [3.8, 4) is 5.75 Å². The van der Waals surface area contributed by atoms with Crippen molar-refractivity contribution in [3.63, 3.8) is 0 Å². The molecule has 0 aliphatic rings. The van der Waals surface area contributed by atoms with E-state index in [4.69, 9.17) is 21.1 Å². The Morgan fingerprint density at radius 1 is 1.24 bits per heavy atom. The van der Waals surface area contributed by atoms with Crippen LogP contribution < -0.4 is 4.74 Å². The van der Waals surface area contributed by atoms with Gasteiger partial charge in [-0.2, -0.15) is 0 Å². The number of esters is 1. The predicted molar refractivity (Wildman–Crippen MR) is 78.1 cm³/mol. The maximum absolute atomic E-state index is 12.3. The van der Waals surface area contributed by atoms with E-state index < -0.39 is 5.97 Å².